The first-order valence-corrected chi connectivity index (χ1v) is 5.59. The Morgan fingerprint density at radius 1 is 1.53 bits per heavy atom. The van der Waals surface area contributed by atoms with Gasteiger partial charge in [-0.25, -0.2) is 9.78 Å². The lowest BCUT2D eigenvalue weighted by Crippen LogP contribution is -2.28. The highest BCUT2D eigenvalue weighted by molar-refractivity contribution is 5.95. The summed E-state index contributed by atoms with van der Waals surface area (Å²) in [7, 11) is 0. The van der Waals surface area contributed by atoms with Crippen molar-refractivity contribution in [1.82, 2.24) is 4.98 Å². The lowest BCUT2D eigenvalue weighted by atomic mass is 10.1. The van der Waals surface area contributed by atoms with Crippen molar-refractivity contribution in [2.24, 2.45) is 5.92 Å². The molecule has 2 heterocycles. The Bertz CT molecular complexity index is 504. The zero-order valence-electron chi connectivity index (χ0n) is 9.81. The molecule has 3 N–H and O–H groups in total. The van der Waals surface area contributed by atoms with Gasteiger partial charge in [-0.2, -0.15) is 13.2 Å². The van der Waals surface area contributed by atoms with E-state index in [-0.39, 0.29) is 36.6 Å². The minimum absolute atomic E-state index is 0.0210. The van der Waals surface area contributed by atoms with Gasteiger partial charge in [0.1, 0.15) is 5.82 Å². The molecule has 0 aliphatic carbocycles. The van der Waals surface area contributed by atoms with E-state index in [1.54, 1.807) is 0 Å². The SMILES string of the molecule is Nc1cc(C(=O)O)c(N2CCC(C(F)(F)F)C2)cn1. The van der Waals surface area contributed by atoms with Crippen LogP contribution in [0.15, 0.2) is 12.3 Å². The molecule has 1 aromatic rings. The van der Waals surface area contributed by atoms with Crippen LogP contribution in [0, 0.1) is 5.92 Å². The fraction of sp³-hybridized carbons (Fsp3) is 0.455. The molecule has 0 bridgehead atoms. The number of carboxylic acids is 1. The number of alkyl halides is 3. The van der Waals surface area contributed by atoms with Gasteiger partial charge in [-0.15, -0.1) is 0 Å². The maximum absolute atomic E-state index is 12.6. The standard InChI is InChI=1S/C11H12F3N3O2/c12-11(13,14)6-1-2-17(5-6)8-4-16-9(15)3-7(8)10(18)19/h3-4,6H,1-2,5H2,(H2,15,16)(H,18,19). The summed E-state index contributed by atoms with van der Waals surface area (Å²) in [4.78, 5) is 16.2. The second kappa shape index (κ2) is 4.60. The number of aromatic carboxylic acids is 1. The molecule has 1 aliphatic heterocycles. The smallest absolute Gasteiger partial charge is 0.393 e. The number of hydrogen-bond donors (Lipinski definition) is 2. The number of pyridine rings is 1. The van der Waals surface area contributed by atoms with Gasteiger partial charge in [-0.1, -0.05) is 0 Å². The lowest BCUT2D eigenvalue weighted by Gasteiger charge is -2.21. The molecule has 0 spiro atoms. The number of aromatic nitrogens is 1. The van der Waals surface area contributed by atoms with Crippen LogP contribution in [0.5, 0.6) is 0 Å². The number of rotatable bonds is 2. The number of hydrogen-bond acceptors (Lipinski definition) is 4. The number of carbonyl (C=O) groups is 1. The van der Waals surface area contributed by atoms with Crippen LogP contribution in [0.1, 0.15) is 16.8 Å². The molecule has 0 amide bonds. The fourth-order valence-electron chi connectivity index (χ4n) is 2.13. The van der Waals surface area contributed by atoms with Crippen molar-refractivity contribution in [2.75, 3.05) is 23.7 Å². The van der Waals surface area contributed by atoms with Gasteiger partial charge in [0.2, 0.25) is 0 Å². The summed E-state index contributed by atoms with van der Waals surface area (Å²) in [6.45, 7) is -0.106. The quantitative estimate of drug-likeness (QED) is 0.859. The van der Waals surface area contributed by atoms with Gasteiger partial charge in [0.15, 0.2) is 0 Å². The van der Waals surface area contributed by atoms with Crippen LogP contribution in [-0.4, -0.2) is 35.3 Å². The van der Waals surface area contributed by atoms with Gasteiger partial charge >= 0.3 is 12.1 Å². The van der Waals surface area contributed by atoms with E-state index in [0.29, 0.717) is 0 Å². The predicted molar refractivity (Wildman–Crippen MR) is 62.0 cm³/mol. The third kappa shape index (κ3) is 2.72. The van der Waals surface area contributed by atoms with Crippen LogP contribution < -0.4 is 10.6 Å². The molecule has 1 fully saturated rings. The second-order valence-corrected chi connectivity index (χ2v) is 4.40. The van der Waals surface area contributed by atoms with E-state index in [2.05, 4.69) is 4.98 Å². The monoisotopic (exact) mass is 275 g/mol. The number of halogens is 3. The van der Waals surface area contributed by atoms with Gasteiger partial charge in [-0.05, 0) is 12.5 Å². The highest BCUT2D eigenvalue weighted by atomic mass is 19.4. The van der Waals surface area contributed by atoms with E-state index >= 15 is 0 Å². The minimum atomic E-state index is -4.26. The number of nitrogen functional groups attached to an aromatic ring is 1. The second-order valence-electron chi connectivity index (χ2n) is 4.40. The maximum atomic E-state index is 12.6. The van der Waals surface area contributed by atoms with Gasteiger partial charge in [0, 0.05) is 13.1 Å². The molecule has 1 aliphatic rings. The number of nitrogens with two attached hydrogens (primary N) is 1. The third-order valence-electron chi connectivity index (χ3n) is 3.13. The molecule has 2 rings (SSSR count). The molecule has 8 heteroatoms. The van der Waals surface area contributed by atoms with Crippen LogP contribution in [-0.2, 0) is 0 Å². The Morgan fingerprint density at radius 2 is 2.21 bits per heavy atom. The first kappa shape index (κ1) is 13.4. The van der Waals surface area contributed by atoms with Crippen LogP contribution in [0.4, 0.5) is 24.7 Å². The molecule has 1 saturated heterocycles. The highest BCUT2D eigenvalue weighted by Crippen LogP contribution is 2.36. The predicted octanol–water partition coefficient (Wildman–Crippen LogP) is 1.75. The molecule has 5 nitrogen and oxygen atoms in total. The average molecular weight is 275 g/mol. The summed E-state index contributed by atoms with van der Waals surface area (Å²) < 4.78 is 37.8. The van der Waals surface area contributed by atoms with Gasteiger partial charge in [0.05, 0.1) is 23.4 Å². The average Bonchev–Trinajstić information content (AvgIpc) is 2.77. The first-order chi connectivity index (χ1) is 8.79. The van der Waals surface area contributed by atoms with E-state index in [1.165, 1.54) is 11.1 Å². The van der Waals surface area contributed by atoms with Gasteiger partial charge in [0.25, 0.3) is 0 Å². The van der Waals surface area contributed by atoms with Crippen LogP contribution in [0.3, 0.4) is 0 Å². The fourth-order valence-corrected chi connectivity index (χ4v) is 2.13. The van der Waals surface area contributed by atoms with Crippen LogP contribution in [0.2, 0.25) is 0 Å². The van der Waals surface area contributed by atoms with Crippen molar-refractivity contribution in [1.29, 1.82) is 0 Å². The Morgan fingerprint density at radius 3 is 2.74 bits per heavy atom. The maximum Gasteiger partial charge on any atom is 0.393 e. The summed E-state index contributed by atoms with van der Waals surface area (Å²) in [6, 6.07) is 1.15. The van der Waals surface area contributed by atoms with E-state index in [9.17, 15) is 18.0 Å². The molecule has 0 saturated carbocycles. The first-order valence-electron chi connectivity index (χ1n) is 5.59. The molecule has 19 heavy (non-hydrogen) atoms. The Labute approximate surface area is 106 Å². The summed E-state index contributed by atoms with van der Waals surface area (Å²) in [5.74, 6) is -2.65. The molecule has 104 valence electrons. The zero-order valence-corrected chi connectivity index (χ0v) is 9.81. The largest absolute Gasteiger partial charge is 0.478 e. The molecule has 0 aromatic carbocycles. The van der Waals surface area contributed by atoms with E-state index in [1.807, 2.05) is 0 Å². The summed E-state index contributed by atoms with van der Waals surface area (Å²) in [6.07, 6.45) is -3.11. The molecular weight excluding hydrogens is 263 g/mol. The van der Waals surface area contributed by atoms with E-state index < -0.39 is 18.1 Å². The zero-order chi connectivity index (χ0) is 14.2. The van der Waals surface area contributed by atoms with Gasteiger partial charge in [-0.3, -0.25) is 0 Å². The van der Waals surface area contributed by atoms with E-state index in [4.69, 9.17) is 10.8 Å². The van der Waals surface area contributed by atoms with Crippen LogP contribution >= 0.6 is 0 Å². The van der Waals surface area contributed by atoms with Crippen molar-refractivity contribution >= 4 is 17.5 Å². The minimum Gasteiger partial charge on any atom is -0.478 e. The number of anilines is 2. The number of nitrogens with zero attached hydrogens (tertiary/aromatic N) is 2. The third-order valence-corrected chi connectivity index (χ3v) is 3.13. The summed E-state index contributed by atoms with van der Waals surface area (Å²) in [5.41, 5.74) is 5.43. The van der Waals surface area contributed by atoms with Crippen molar-refractivity contribution in [3.8, 4) is 0 Å². The van der Waals surface area contributed by atoms with Crippen molar-refractivity contribution in [3.05, 3.63) is 17.8 Å². The molecule has 1 atom stereocenters. The Hall–Kier alpha value is -1.99. The molecule has 0 radical (unpaired) electrons. The summed E-state index contributed by atoms with van der Waals surface area (Å²) in [5, 5.41) is 9.04. The van der Waals surface area contributed by atoms with Crippen molar-refractivity contribution in [3.63, 3.8) is 0 Å². The number of carboxylic acid groups (broad SMARTS) is 1. The topological polar surface area (TPSA) is 79.5 Å². The normalized spacial score (nSPS) is 19.7. The Balaban J connectivity index is 2.27. The van der Waals surface area contributed by atoms with E-state index in [0.717, 1.165) is 6.07 Å². The molecule has 1 aromatic heterocycles. The van der Waals surface area contributed by atoms with Crippen molar-refractivity contribution in [2.45, 2.75) is 12.6 Å². The van der Waals surface area contributed by atoms with Crippen LogP contribution in [0.25, 0.3) is 0 Å². The summed E-state index contributed by atoms with van der Waals surface area (Å²) >= 11 is 0. The lowest BCUT2D eigenvalue weighted by molar-refractivity contribution is -0.168. The van der Waals surface area contributed by atoms with Gasteiger partial charge < -0.3 is 15.7 Å². The highest BCUT2D eigenvalue weighted by Gasteiger charge is 2.44. The Kier molecular flexibility index (Phi) is 3.25. The molecule has 1 unspecified atom stereocenters. The molecular formula is C11H12F3N3O2. The van der Waals surface area contributed by atoms with Crippen molar-refractivity contribution < 1.29 is 23.1 Å².